The number of halogens is 1. The number of nitrogens with one attached hydrogen (secondary N) is 1. The first-order valence-corrected chi connectivity index (χ1v) is 9.94. The molecule has 0 radical (unpaired) electrons. The molecule has 0 unspecified atom stereocenters. The predicted molar refractivity (Wildman–Crippen MR) is 103 cm³/mol. The van der Waals surface area contributed by atoms with Crippen LogP contribution >= 0.6 is 27.3 Å². The Bertz CT molecular complexity index is 928. The van der Waals surface area contributed by atoms with E-state index in [1.807, 2.05) is 30.5 Å². The van der Waals surface area contributed by atoms with Crippen LogP contribution in [0.5, 0.6) is 0 Å². The van der Waals surface area contributed by atoms with Crippen LogP contribution in [0.4, 0.5) is 5.13 Å². The van der Waals surface area contributed by atoms with Gasteiger partial charge in [-0.1, -0.05) is 15.9 Å². The zero-order valence-electron chi connectivity index (χ0n) is 13.8. The highest BCUT2D eigenvalue weighted by Crippen LogP contribution is 2.29. The molecule has 3 heterocycles. The highest BCUT2D eigenvalue weighted by molar-refractivity contribution is 9.10. The van der Waals surface area contributed by atoms with Crippen LogP contribution < -0.4 is 5.32 Å². The number of amides is 1. The Kier molecular flexibility index (Phi) is 4.62. The summed E-state index contributed by atoms with van der Waals surface area (Å²) in [5.74, 6) is 0.0799. The number of thiazole rings is 1. The van der Waals surface area contributed by atoms with Gasteiger partial charge >= 0.3 is 0 Å². The molecule has 0 aliphatic carbocycles. The largest absolute Gasteiger partial charge is 0.451 e. The summed E-state index contributed by atoms with van der Waals surface area (Å²) in [5, 5.41) is 6.42. The molecule has 2 aromatic heterocycles. The number of benzene rings is 1. The van der Waals surface area contributed by atoms with Crippen LogP contribution in [-0.4, -0.2) is 28.9 Å². The van der Waals surface area contributed by atoms with E-state index >= 15 is 0 Å². The third-order valence-corrected chi connectivity index (χ3v) is 5.76. The molecule has 1 aliphatic heterocycles. The minimum atomic E-state index is -0.258. The lowest BCUT2D eigenvalue weighted by molar-refractivity contribution is 0.0998. The molecule has 5 nitrogen and oxygen atoms in total. The van der Waals surface area contributed by atoms with Crippen molar-refractivity contribution in [2.45, 2.75) is 26.3 Å². The summed E-state index contributed by atoms with van der Waals surface area (Å²) in [6.45, 7) is 5.01. The molecule has 3 aromatic rings. The summed E-state index contributed by atoms with van der Waals surface area (Å²) >= 11 is 4.90. The molecule has 1 fully saturated rings. The van der Waals surface area contributed by atoms with E-state index in [0.717, 1.165) is 40.8 Å². The van der Waals surface area contributed by atoms with Crippen molar-refractivity contribution in [2.75, 3.05) is 18.4 Å². The molecule has 130 valence electrons. The van der Waals surface area contributed by atoms with Crippen LogP contribution in [0.25, 0.3) is 11.0 Å². The first-order valence-electron chi connectivity index (χ1n) is 8.27. The Hall–Kier alpha value is -1.70. The van der Waals surface area contributed by atoms with Gasteiger partial charge in [0.25, 0.3) is 5.91 Å². The van der Waals surface area contributed by atoms with Gasteiger partial charge in [0.2, 0.25) is 0 Å². The second kappa shape index (κ2) is 6.90. The number of aryl methyl sites for hydroxylation is 1. The van der Waals surface area contributed by atoms with Crippen LogP contribution in [0.2, 0.25) is 0 Å². The lowest BCUT2D eigenvalue weighted by atomic mass is 10.1. The Morgan fingerprint density at radius 3 is 3.00 bits per heavy atom. The number of carbonyl (C=O) groups excluding carboxylic acids is 1. The molecular formula is C18H18BrN3O2S. The van der Waals surface area contributed by atoms with Gasteiger partial charge in [0.05, 0.1) is 5.69 Å². The van der Waals surface area contributed by atoms with Crippen LogP contribution in [0.3, 0.4) is 0 Å². The normalized spacial score (nSPS) is 15.1. The van der Waals surface area contributed by atoms with Crippen molar-refractivity contribution >= 4 is 49.3 Å². The quantitative estimate of drug-likeness (QED) is 0.658. The average molecular weight is 420 g/mol. The number of carbonyl (C=O) groups is 1. The maximum absolute atomic E-state index is 12.6. The maximum Gasteiger partial charge on any atom is 0.293 e. The van der Waals surface area contributed by atoms with Crippen molar-refractivity contribution in [3.63, 3.8) is 0 Å². The van der Waals surface area contributed by atoms with Gasteiger partial charge in [-0.2, -0.15) is 0 Å². The minimum Gasteiger partial charge on any atom is -0.451 e. The van der Waals surface area contributed by atoms with Crippen molar-refractivity contribution in [1.82, 2.24) is 9.88 Å². The molecule has 1 aliphatic rings. The van der Waals surface area contributed by atoms with Crippen molar-refractivity contribution in [3.05, 3.63) is 45.1 Å². The van der Waals surface area contributed by atoms with Crippen LogP contribution in [0.1, 0.15) is 34.7 Å². The van der Waals surface area contributed by atoms with Gasteiger partial charge in [0.15, 0.2) is 10.9 Å². The summed E-state index contributed by atoms with van der Waals surface area (Å²) < 4.78 is 6.70. The Balaban J connectivity index is 1.50. The molecule has 4 rings (SSSR count). The lowest BCUT2D eigenvalue weighted by Gasteiger charge is -2.11. The third kappa shape index (κ3) is 3.49. The van der Waals surface area contributed by atoms with Crippen molar-refractivity contribution in [3.8, 4) is 0 Å². The van der Waals surface area contributed by atoms with E-state index in [0.29, 0.717) is 16.5 Å². The second-order valence-corrected chi connectivity index (χ2v) is 8.05. The van der Waals surface area contributed by atoms with E-state index in [4.69, 9.17) is 4.42 Å². The predicted octanol–water partition coefficient (Wildman–Crippen LogP) is 4.81. The number of rotatable bonds is 4. The standard InChI is InChI=1S/C18H18BrN3O2S/c1-11-14-8-12(19)4-5-15(14)24-16(11)17(23)21-18-20-13(10-25-18)9-22-6-2-3-7-22/h4-5,8,10H,2-3,6-7,9H2,1H3,(H,20,21,23). The van der Waals surface area contributed by atoms with E-state index in [9.17, 15) is 4.79 Å². The van der Waals surface area contributed by atoms with Crippen LogP contribution in [0.15, 0.2) is 32.5 Å². The van der Waals surface area contributed by atoms with Gasteiger partial charge in [-0.25, -0.2) is 4.98 Å². The van der Waals surface area contributed by atoms with Gasteiger partial charge < -0.3 is 4.42 Å². The summed E-state index contributed by atoms with van der Waals surface area (Å²) in [5.41, 5.74) is 2.55. The van der Waals surface area contributed by atoms with Crippen molar-refractivity contribution < 1.29 is 9.21 Å². The number of fused-ring (bicyclic) bond motifs is 1. The lowest BCUT2D eigenvalue weighted by Crippen LogP contribution is -2.18. The minimum absolute atomic E-state index is 0.258. The highest BCUT2D eigenvalue weighted by Gasteiger charge is 2.19. The number of likely N-dealkylation sites (tertiary alicyclic amines) is 1. The van der Waals surface area contributed by atoms with Crippen LogP contribution in [0, 0.1) is 6.92 Å². The van der Waals surface area contributed by atoms with E-state index in [-0.39, 0.29) is 5.91 Å². The maximum atomic E-state index is 12.6. The highest BCUT2D eigenvalue weighted by atomic mass is 79.9. The Morgan fingerprint density at radius 2 is 2.20 bits per heavy atom. The van der Waals surface area contributed by atoms with E-state index in [1.165, 1.54) is 24.2 Å². The number of aromatic nitrogens is 1. The molecule has 0 spiro atoms. The summed E-state index contributed by atoms with van der Waals surface area (Å²) in [7, 11) is 0. The van der Waals surface area contributed by atoms with E-state index in [2.05, 4.69) is 31.1 Å². The molecule has 7 heteroatoms. The van der Waals surface area contributed by atoms with Gasteiger partial charge in [-0.15, -0.1) is 11.3 Å². The van der Waals surface area contributed by atoms with Crippen molar-refractivity contribution in [1.29, 1.82) is 0 Å². The average Bonchev–Trinajstić information content (AvgIpc) is 3.31. The molecule has 0 saturated carbocycles. The molecule has 1 saturated heterocycles. The topological polar surface area (TPSA) is 58.4 Å². The monoisotopic (exact) mass is 419 g/mol. The van der Waals surface area contributed by atoms with Gasteiger partial charge in [-0.3, -0.25) is 15.0 Å². The van der Waals surface area contributed by atoms with Crippen molar-refractivity contribution in [2.24, 2.45) is 0 Å². The number of nitrogens with zero attached hydrogens (tertiary/aromatic N) is 2. The second-order valence-electron chi connectivity index (χ2n) is 6.28. The fourth-order valence-electron chi connectivity index (χ4n) is 3.17. The van der Waals surface area contributed by atoms with Crippen LogP contribution in [-0.2, 0) is 6.54 Å². The van der Waals surface area contributed by atoms with E-state index in [1.54, 1.807) is 0 Å². The SMILES string of the molecule is Cc1c(C(=O)Nc2nc(CN3CCCC3)cs2)oc2ccc(Br)cc12. The molecule has 1 aromatic carbocycles. The molecule has 0 bridgehead atoms. The van der Waals surface area contributed by atoms with Gasteiger partial charge in [-0.05, 0) is 51.1 Å². The first kappa shape index (κ1) is 16.8. The number of anilines is 1. The van der Waals surface area contributed by atoms with Gasteiger partial charge in [0.1, 0.15) is 5.58 Å². The third-order valence-electron chi connectivity index (χ3n) is 4.46. The zero-order chi connectivity index (χ0) is 17.4. The summed E-state index contributed by atoms with van der Waals surface area (Å²) in [6, 6.07) is 5.72. The smallest absolute Gasteiger partial charge is 0.293 e. The summed E-state index contributed by atoms with van der Waals surface area (Å²) in [4.78, 5) is 19.5. The molecule has 25 heavy (non-hydrogen) atoms. The number of hydrogen-bond donors (Lipinski definition) is 1. The molecule has 0 atom stereocenters. The molecular weight excluding hydrogens is 402 g/mol. The zero-order valence-corrected chi connectivity index (χ0v) is 16.2. The number of furan rings is 1. The Labute approximate surface area is 158 Å². The molecule has 1 N–H and O–H groups in total. The molecule has 1 amide bonds. The Morgan fingerprint density at radius 1 is 1.40 bits per heavy atom. The summed E-state index contributed by atoms with van der Waals surface area (Å²) in [6.07, 6.45) is 2.52. The number of hydrogen-bond acceptors (Lipinski definition) is 5. The van der Waals surface area contributed by atoms with E-state index < -0.39 is 0 Å². The first-order chi connectivity index (χ1) is 12.1. The fraction of sp³-hybridized carbons (Fsp3) is 0.333. The van der Waals surface area contributed by atoms with Gasteiger partial charge in [0, 0.05) is 27.3 Å². The fourth-order valence-corrected chi connectivity index (χ4v) is 4.23.